The monoisotopic (exact) mass is 779 g/mol. The third kappa shape index (κ3) is 7.86. The lowest BCUT2D eigenvalue weighted by atomic mass is 9.99. The van der Waals surface area contributed by atoms with Gasteiger partial charge in [-0.15, -0.1) is 0 Å². The molecule has 2 aliphatic heterocycles. The normalized spacial score (nSPS) is 20.1. The number of β-amino-alcohol motifs (C(OH)–C–C–N with tert-alkyl or cyclic N) is 2. The van der Waals surface area contributed by atoms with Crippen LogP contribution >= 0.6 is 0 Å². The zero-order valence-electron chi connectivity index (χ0n) is 32.2. The van der Waals surface area contributed by atoms with Crippen LogP contribution < -0.4 is 5.32 Å². The van der Waals surface area contributed by atoms with Crippen LogP contribution in [0.1, 0.15) is 66.6 Å². The first-order valence-corrected chi connectivity index (χ1v) is 19.4. The molecule has 2 aromatic heterocycles. The predicted molar refractivity (Wildman–Crippen MR) is 217 cm³/mol. The van der Waals surface area contributed by atoms with Gasteiger partial charge in [-0.2, -0.15) is 0 Å². The van der Waals surface area contributed by atoms with E-state index in [1.54, 1.807) is 46.5 Å². The van der Waals surface area contributed by atoms with Crippen LogP contribution in [0.15, 0.2) is 122 Å². The molecule has 6 atom stereocenters. The summed E-state index contributed by atoms with van der Waals surface area (Å²) in [5.41, 5.74) is 7.00. The summed E-state index contributed by atoms with van der Waals surface area (Å²) in [5, 5.41) is 23.9. The number of likely N-dealkylation sites (tertiary alicyclic amines) is 2. The van der Waals surface area contributed by atoms with Crippen LogP contribution in [0.25, 0.3) is 33.6 Å². The number of rotatable bonds is 10. The third-order valence-electron chi connectivity index (χ3n) is 11.2. The van der Waals surface area contributed by atoms with Gasteiger partial charge in [-0.05, 0) is 40.3 Å². The average molecular weight is 780 g/mol. The summed E-state index contributed by atoms with van der Waals surface area (Å²) in [6.45, 7) is 2.26. The molecule has 0 bridgehead atoms. The molecule has 0 unspecified atom stereocenters. The van der Waals surface area contributed by atoms with Crippen molar-refractivity contribution in [2.45, 2.75) is 56.0 Å². The number of hydrogen-bond donors (Lipinski definition) is 5. The van der Waals surface area contributed by atoms with Crippen LogP contribution in [0.3, 0.4) is 0 Å². The van der Waals surface area contributed by atoms with Gasteiger partial charge in [0.1, 0.15) is 17.7 Å². The van der Waals surface area contributed by atoms with Crippen LogP contribution in [0, 0.1) is 0 Å². The lowest BCUT2D eigenvalue weighted by Crippen LogP contribution is -2.43. The maximum absolute atomic E-state index is 13.9. The Bertz CT molecular complexity index is 2360. The highest BCUT2D eigenvalue weighted by molar-refractivity contribution is 5.87. The van der Waals surface area contributed by atoms with Gasteiger partial charge in [0.15, 0.2) is 0 Å². The fourth-order valence-corrected chi connectivity index (χ4v) is 8.03. The van der Waals surface area contributed by atoms with Gasteiger partial charge < -0.3 is 40.0 Å². The first-order chi connectivity index (χ1) is 28.2. The van der Waals surface area contributed by atoms with Crippen molar-refractivity contribution in [3.63, 3.8) is 0 Å². The van der Waals surface area contributed by atoms with Gasteiger partial charge in [0.05, 0.1) is 61.1 Å². The molecule has 58 heavy (non-hydrogen) atoms. The second kappa shape index (κ2) is 16.5. The number of benzene rings is 4. The number of alkyl carbamates (subject to hydrolysis) is 1. The second-order valence-electron chi connectivity index (χ2n) is 14.9. The topological polar surface area (TPSA) is 177 Å². The van der Waals surface area contributed by atoms with E-state index in [0.29, 0.717) is 30.1 Å². The molecule has 2 fully saturated rings. The molecule has 13 nitrogen and oxygen atoms in total. The summed E-state index contributed by atoms with van der Waals surface area (Å²) in [6, 6.07) is 32.9. The van der Waals surface area contributed by atoms with E-state index >= 15 is 0 Å². The van der Waals surface area contributed by atoms with Crippen molar-refractivity contribution >= 4 is 17.9 Å². The molecule has 3 amide bonds. The van der Waals surface area contributed by atoms with Crippen molar-refractivity contribution < 1.29 is 29.3 Å². The van der Waals surface area contributed by atoms with Crippen LogP contribution in [-0.4, -0.2) is 90.3 Å². The number of nitrogens with zero attached hydrogens (tertiary/aromatic N) is 4. The molecular formula is C45H45N7O6. The fourth-order valence-electron chi connectivity index (χ4n) is 8.03. The number of nitrogens with one attached hydrogen (secondary N) is 3. The van der Waals surface area contributed by atoms with E-state index in [9.17, 15) is 24.6 Å². The predicted octanol–water partition coefficient (Wildman–Crippen LogP) is 6.30. The smallest absolute Gasteiger partial charge is 0.407 e. The Kier molecular flexibility index (Phi) is 10.9. The molecule has 0 aliphatic carbocycles. The number of methoxy groups -OCH3 is 1. The SMILES string of the molecule is COC(=O)N[C@@H](C(=O)N1C[C@@H](O)C[C@H]1c1ncc(-c2ccc(-c3ccc(-c4cnc([C@@H]5C[C@H](O)CN5C(=O)[C@H](C)c5ccccc5)[nH]4)cc3)cc2)[nH]1)c1ccccc1. The maximum Gasteiger partial charge on any atom is 0.407 e. The van der Waals surface area contributed by atoms with Crippen LogP contribution in [-0.2, 0) is 14.3 Å². The Hall–Kier alpha value is -6.57. The molecule has 4 heterocycles. The van der Waals surface area contributed by atoms with Gasteiger partial charge in [0.2, 0.25) is 5.91 Å². The number of aliphatic hydroxyl groups excluding tert-OH is 2. The van der Waals surface area contributed by atoms with E-state index < -0.39 is 30.4 Å². The van der Waals surface area contributed by atoms with Gasteiger partial charge in [-0.1, -0.05) is 109 Å². The third-order valence-corrected chi connectivity index (χ3v) is 11.2. The first kappa shape index (κ1) is 38.3. The van der Waals surface area contributed by atoms with Gasteiger partial charge in [0, 0.05) is 25.9 Å². The van der Waals surface area contributed by atoms with Crippen molar-refractivity contribution in [3.8, 4) is 33.6 Å². The molecule has 296 valence electrons. The number of aromatic amines is 2. The summed E-state index contributed by atoms with van der Waals surface area (Å²) in [4.78, 5) is 59.0. The van der Waals surface area contributed by atoms with E-state index in [1.807, 2.05) is 91.9 Å². The Morgan fingerprint density at radius 1 is 0.655 bits per heavy atom. The molecule has 8 rings (SSSR count). The molecule has 0 radical (unpaired) electrons. The van der Waals surface area contributed by atoms with E-state index in [0.717, 1.165) is 39.2 Å². The number of imidazole rings is 2. The summed E-state index contributed by atoms with van der Waals surface area (Å²) in [5.74, 6) is 0.439. The van der Waals surface area contributed by atoms with Crippen molar-refractivity contribution in [2.75, 3.05) is 20.2 Å². The average Bonchev–Trinajstić information content (AvgIpc) is 4.10. The van der Waals surface area contributed by atoms with Crippen LogP contribution in [0.4, 0.5) is 4.79 Å². The highest BCUT2D eigenvalue weighted by Crippen LogP contribution is 2.37. The van der Waals surface area contributed by atoms with Gasteiger partial charge in [-0.25, -0.2) is 14.8 Å². The number of aliphatic hydroxyl groups is 2. The molecule has 13 heteroatoms. The zero-order valence-corrected chi connectivity index (χ0v) is 32.2. The molecule has 2 aliphatic rings. The first-order valence-electron chi connectivity index (χ1n) is 19.4. The standard InChI is InChI=1S/C45H45N7O6/c1-27(28-9-5-3-6-10-28)43(55)51-25-34(53)21-38(51)41-46-23-36(48-41)31-17-13-29(14-18-31)30-15-19-32(20-16-30)37-24-47-42(49-37)39-22-35(54)26-52(39)44(56)40(50-45(57)58-2)33-11-7-4-8-12-33/h3-20,23-24,27,34-35,38-40,53-54H,21-22,25-26H2,1-2H3,(H,46,48)(H,47,49)(H,50,57)/t27-,34+,35+,38+,39+,40-/m1/s1. The molecular weight excluding hydrogens is 735 g/mol. The lowest BCUT2D eigenvalue weighted by Gasteiger charge is -2.28. The number of aromatic nitrogens is 4. The second-order valence-corrected chi connectivity index (χ2v) is 14.9. The minimum Gasteiger partial charge on any atom is -0.453 e. The highest BCUT2D eigenvalue weighted by atomic mass is 16.5. The number of H-pyrrole nitrogens is 2. The van der Waals surface area contributed by atoms with Crippen molar-refractivity contribution in [1.82, 2.24) is 35.1 Å². The lowest BCUT2D eigenvalue weighted by molar-refractivity contribution is -0.135. The van der Waals surface area contributed by atoms with E-state index in [-0.39, 0.29) is 36.9 Å². The summed E-state index contributed by atoms with van der Waals surface area (Å²) in [7, 11) is 1.24. The van der Waals surface area contributed by atoms with E-state index in [4.69, 9.17) is 4.74 Å². The highest BCUT2D eigenvalue weighted by Gasteiger charge is 2.41. The Balaban J connectivity index is 0.940. The fraction of sp³-hybridized carbons (Fsp3) is 0.267. The number of hydrogen-bond acceptors (Lipinski definition) is 8. The Labute approximate surface area is 335 Å². The quantitative estimate of drug-likeness (QED) is 0.108. The van der Waals surface area contributed by atoms with Gasteiger partial charge in [-0.3, -0.25) is 9.59 Å². The van der Waals surface area contributed by atoms with Crippen molar-refractivity contribution in [2.24, 2.45) is 0 Å². The molecule has 5 N–H and O–H groups in total. The molecule has 4 aromatic carbocycles. The number of amides is 3. The van der Waals surface area contributed by atoms with Gasteiger partial charge >= 0.3 is 6.09 Å². The summed E-state index contributed by atoms with van der Waals surface area (Å²) < 4.78 is 4.80. The molecule has 0 spiro atoms. The largest absolute Gasteiger partial charge is 0.453 e. The van der Waals surface area contributed by atoms with E-state index in [1.165, 1.54) is 7.11 Å². The zero-order chi connectivity index (χ0) is 40.3. The van der Waals surface area contributed by atoms with Crippen molar-refractivity contribution in [3.05, 3.63) is 144 Å². The Morgan fingerprint density at radius 3 is 1.55 bits per heavy atom. The summed E-state index contributed by atoms with van der Waals surface area (Å²) >= 11 is 0. The van der Waals surface area contributed by atoms with E-state index in [2.05, 4.69) is 25.3 Å². The number of carbonyl (C=O) groups excluding carboxylic acids is 3. The number of ether oxygens (including phenoxy) is 1. The Morgan fingerprint density at radius 2 is 1.09 bits per heavy atom. The molecule has 0 saturated carbocycles. The van der Waals surface area contributed by atoms with Gasteiger partial charge in [0.25, 0.3) is 5.91 Å². The minimum absolute atomic E-state index is 0.0371. The number of carbonyl (C=O) groups is 3. The molecule has 6 aromatic rings. The maximum atomic E-state index is 13.9. The molecule has 2 saturated heterocycles. The van der Waals surface area contributed by atoms with Crippen LogP contribution in [0.2, 0.25) is 0 Å². The van der Waals surface area contributed by atoms with Crippen LogP contribution in [0.5, 0.6) is 0 Å². The van der Waals surface area contributed by atoms with Crippen molar-refractivity contribution in [1.29, 1.82) is 0 Å². The minimum atomic E-state index is -1.00. The summed E-state index contributed by atoms with van der Waals surface area (Å²) in [6.07, 6.45) is 2.10.